The van der Waals surface area contributed by atoms with Gasteiger partial charge in [0.25, 0.3) is 5.91 Å². The Morgan fingerprint density at radius 1 is 1.53 bits per heavy atom. The summed E-state index contributed by atoms with van der Waals surface area (Å²) in [5.41, 5.74) is 0. The first-order valence-corrected chi connectivity index (χ1v) is 5.56. The molecule has 15 heavy (non-hydrogen) atoms. The summed E-state index contributed by atoms with van der Waals surface area (Å²) in [6, 6.07) is 7.45. The fraction of sp³-hybridized carbons (Fsp3) is 0.300. The minimum Gasteiger partial charge on any atom is -0.484 e. The van der Waals surface area contributed by atoms with Crippen molar-refractivity contribution in [3.8, 4) is 5.75 Å². The van der Waals surface area contributed by atoms with Crippen LogP contribution in [-0.4, -0.2) is 30.8 Å². The Labute approximate surface area is 102 Å². The Balaban J connectivity index is 2.33. The largest absolute Gasteiger partial charge is 0.484 e. The minimum absolute atomic E-state index is 0.0277. The Morgan fingerprint density at radius 2 is 2.33 bits per heavy atom. The van der Waals surface area contributed by atoms with E-state index in [1.165, 1.54) is 0 Å². The second-order valence-electron chi connectivity index (χ2n) is 2.82. The molecule has 2 N–H and O–H groups in total. The molecule has 1 amide bonds. The number of carbonyl (C=O) groups is 1. The van der Waals surface area contributed by atoms with Gasteiger partial charge in [0.05, 0.1) is 6.61 Å². The molecular formula is C10H12INO3. The lowest BCUT2D eigenvalue weighted by atomic mass is 10.3. The highest BCUT2D eigenvalue weighted by molar-refractivity contribution is 14.1. The van der Waals surface area contributed by atoms with Gasteiger partial charge in [-0.3, -0.25) is 4.79 Å². The summed E-state index contributed by atoms with van der Waals surface area (Å²) in [6.07, 6.45) is 0. The van der Waals surface area contributed by atoms with Crippen LogP contribution in [0, 0.1) is 3.57 Å². The quantitative estimate of drug-likeness (QED) is 0.788. The lowest BCUT2D eigenvalue weighted by molar-refractivity contribution is -0.123. The van der Waals surface area contributed by atoms with Crippen LogP contribution in [0.4, 0.5) is 0 Å². The number of aliphatic hydroxyl groups is 1. The van der Waals surface area contributed by atoms with Crippen LogP contribution in [0.15, 0.2) is 24.3 Å². The lowest BCUT2D eigenvalue weighted by Gasteiger charge is -2.06. The van der Waals surface area contributed by atoms with Crippen molar-refractivity contribution in [2.75, 3.05) is 19.8 Å². The highest BCUT2D eigenvalue weighted by Crippen LogP contribution is 2.14. The number of rotatable bonds is 5. The molecule has 82 valence electrons. The van der Waals surface area contributed by atoms with Crippen molar-refractivity contribution < 1.29 is 14.6 Å². The molecule has 0 aromatic heterocycles. The van der Waals surface area contributed by atoms with Gasteiger partial charge in [0, 0.05) is 10.1 Å². The molecule has 0 aliphatic heterocycles. The first kappa shape index (κ1) is 12.3. The van der Waals surface area contributed by atoms with Crippen LogP contribution >= 0.6 is 22.6 Å². The van der Waals surface area contributed by atoms with Gasteiger partial charge in [-0.05, 0) is 40.8 Å². The van der Waals surface area contributed by atoms with Crippen LogP contribution < -0.4 is 10.1 Å². The van der Waals surface area contributed by atoms with E-state index in [0.717, 1.165) is 3.57 Å². The molecule has 4 nitrogen and oxygen atoms in total. The van der Waals surface area contributed by atoms with E-state index in [2.05, 4.69) is 27.9 Å². The van der Waals surface area contributed by atoms with Gasteiger partial charge in [0.15, 0.2) is 6.61 Å². The fourth-order valence-electron chi connectivity index (χ4n) is 0.952. The summed E-state index contributed by atoms with van der Waals surface area (Å²) in [5, 5.41) is 11.0. The molecule has 1 aromatic rings. The van der Waals surface area contributed by atoms with E-state index in [4.69, 9.17) is 9.84 Å². The van der Waals surface area contributed by atoms with Crippen molar-refractivity contribution in [1.82, 2.24) is 5.32 Å². The molecule has 0 saturated carbocycles. The maximum Gasteiger partial charge on any atom is 0.258 e. The molecule has 1 rings (SSSR count). The molecule has 0 atom stereocenters. The summed E-state index contributed by atoms with van der Waals surface area (Å²) >= 11 is 2.17. The molecule has 1 aromatic carbocycles. The molecule has 0 unspecified atom stereocenters. The van der Waals surface area contributed by atoms with Crippen LogP contribution in [-0.2, 0) is 4.79 Å². The maximum atomic E-state index is 11.1. The molecule has 0 bridgehead atoms. The van der Waals surface area contributed by atoms with Gasteiger partial charge in [0.1, 0.15) is 5.75 Å². The van der Waals surface area contributed by atoms with Crippen molar-refractivity contribution in [3.63, 3.8) is 0 Å². The van der Waals surface area contributed by atoms with Crippen molar-refractivity contribution in [1.29, 1.82) is 0 Å². The lowest BCUT2D eigenvalue weighted by Crippen LogP contribution is -2.31. The molecule has 0 aliphatic carbocycles. The number of hydrogen-bond donors (Lipinski definition) is 2. The zero-order valence-corrected chi connectivity index (χ0v) is 10.2. The molecule has 0 aliphatic rings. The van der Waals surface area contributed by atoms with Crippen LogP contribution in [0.1, 0.15) is 0 Å². The van der Waals surface area contributed by atoms with Crippen molar-refractivity contribution in [3.05, 3.63) is 27.8 Å². The number of halogens is 1. The number of aliphatic hydroxyl groups excluding tert-OH is 1. The fourth-order valence-corrected chi connectivity index (χ4v) is 1.47. The zero-order valence-electron chi connectivity index (χ0n) is 8.07. The van der Waals surface area contributed by atoms with E-state index in [0.29, 0.717) is 5.75 Å². The standard InChI is InChI=1S/C10H12INO3/c11-8-2-1-3-9(6-8)15-7-10(14)12-4-5-13/h1-3,6,13H,4-5,7H2,(H,12,14). The summed E-state index contributed by atoms with van der Waals surface area (Å²) in [5.74, 6) is 0.434. The van der Waals surface area contributed by atoms with Gasteiger partial charge in [-0.25, -0.2) is 0 Å². The zero-order chi connectivity index (χ0) is 11.1. The van der Waals surface area contributed by atoms with E-state index >= 15 is 0 Å². The van der Waals surface area contributed by atoms with Gasteiger partial charge in [-0.15, -0.1) is 0 Å². The van der Waals surface area contributed by atoms with E-state index in [9.17, 15) is 4.79 Å². The van der Waals surface area contributed by atoms with Crippen molar-refractivity contribution in [2.24, 2.45) is 0 Å². The smallest absolute Gasteiger partial charge is 0.258 e. The summed E-state index contributed by atoms with van der Waals surface area (Å²) in [4.78, 5) is 11.1. The molecule has 5 heteroatoms. The minimum atomic E-state index is -0.233. The number of amides is 1. The average Bonchev–Trinajstić information content (AvgIpc) is 2.23. The Kier molecular flexibility index (Phi) is 5.41. The number of nitrogens with one attached hydrogen (secondary N) is 1. The van der Waals surface area contributed by atoms with E-state index < -0.39 is 0 Å². The third-order valence-corrected chi connectivity index (χ3v) is 2.27. The Bertz CT molecular complexity index is 330. The maximum absolute atomic E-state index is 11.1. The predicted octanol–water partition coefficient (Wildman–Crippen LogP) is 0.778. The van der Waals surface area contributed by atoms with Crippen LogP contribution in [0.2, 0.25) is 0 Å². The van der Waals surface area contributed by atoms with E-state index in [1.807, 2.05) is 18.2 Å². The summed E-state index contributed by atoms with van der Waals surface area (Å²) < 4.78 is 6.30. The average molecular weight is 321 g/mol. The third kappa shape index (κ3) is 4.98. The van der Waals surface area contributed by atoms with Crippen molar-refractivity contribution >= 4 is 28.5 Å². The van der Waals surface area contributed by atoms with Crippen LogP contribution in [0.5, 0.6) is 5.75 Å². The van der Waals surface area contributed by atoms with Crippen LogP contribution in [0.3, 0.4) is 0 Å². The monoisotopic (exact) mass is 321 g/mol. The topological polar surface area (TPSA) is 58.6 Å². The van der Waals surface area contributed by atoms with E-state index in [1.54, 1.807) is 6.07 Å². The molecule has 0 radical (unpaired) electrons. The second kappa shape index (κ2) is 6.62. The molecular weight excluding hydrogens is 309 g/mol. The first-order valence-electron chi connectivity index (χ1n) is 4.48. The SMILES string of the molecule is O=C(COc1cccc(I)c1)NCCO. The highest BCUT2D eigenvalue weighted by atomic mass is 127. The molecule has 0 heterocycles. The third-order valence-electron chi connectivity index (χ3n) is 1.60. The van der Waals surface area contributed by atoms with Crippen LogP contribution in [0.25, 0.3) is 0 Å². The number of carbonyl (C=O) groups excluding carboxylic acids is 1. The number of hydrogen-bond acceptors (Lipinski definition) is 3. The molecule has 0 spiro atoms. The Hall–Kier alpha value is -0.820. The second-order valence-corrected chi connectivity index (χ2v) is 4.07. The Morgan fingerprint density at radius 3 is 3.00 bits per heavy atom. The van der Waals surface area contributed by atoms with Gasteiger partial charge in [0.2, 0.25) is 0 Å². The van der Waals surface area contributed by atoms with Gasteiger partial charge >= 0.3 is 0 Å². The predicted molar refractivity (Wildman–Crippen MR) is 64.7 cm³/mol. The molecule has 0 saturated heterocycles. The van der Waals surface area contributed by atoms with Gasteiger partial charge < -0.3 is 15.2 Å². The van der Waals surface area contributed by atoms with Gasteiger partial charge in [-0.2, -0.15) is 0 Å². The highest BCUT2D eigenvalue weighted by Gasteiger charge is 2.01. The summed E-state index contributed by atoms with van der Waals surface area (Å²) in [7, 11) is 0. The van der Waals surface area contributed by atoms with Gasteiger partial charge in [-0.1, -0.05) is 6.07 Å². The first-order chi connectivity index (χ1) is 7.22. The summed E-state index contributed by atoms with van der Waals surface area (Å²) in [6.45, 7) is 0.170. The van der Waals surface area contributed by atoms with Crippen molar-refractivity contribution in [2.45, 2.75) is 0 Å². The number of ether oxygens (including phenoxy) is 1. The van der Waals surface area contributed by atoms with E-state index in [-0.39, 0.29) is 25.7 Å². The normalized spacial score (nSPS) is 9.73. The number of benzene rings is 1. The molecule has 0 fully saturated rings.